The fourth-order valence-electron chi connectivity index (χ4n) is 2.67. The van der Waals surface area contributed by atoms with E-state index in [1.54, 1.807) is 25.1 Å². The van der Waals surface area contributed by atoms with Crippen LogP contribution in [-0.4, -0.2) is 21.9 Å². The van der Waals surface area contributed by atoms with Crippen molar-refractivity contribution in [2.75, 3.05) is 7.11 Å². The molecule has 0 amide bonds. The van der Waals surface area contributed by atoms with E-state index in [1.165, 1.54) is 18.4 Å². The van der Waals surface area contributed by atoms with E-state index < -0.39 is 0 Å². The zero-order chi connectivity index (χ0) is 16.4. The normalized spacial score (nSPS) is 14.0. The van der Waals surface area contributed by atoms with Crippen molar-refractivity contribution in [2.45, 2.75) is 36.2 Å². The molecule has 0 radical (unpaired) electrons. The Morgan fingerprint density at radius 1 is 1.25 bits per heavy atom. The van der Waals surface area contributed by atoms with Crippen molar-refractivity contribution < 1.29 is 9.15 Å². The van der Waals surface area contributed by atoms with Gasteiger partial charge in [0.1, 0.15) is 17.3 Å². The topological polar surface area (TPSA) is 53.1 Å². The van der Waals surface area contributed by atoms with Crippen LogP contribution in [0.25, 0.3) is 0 Å². The molecule has 2 aromatic heterocycles. The standard InChI is InChI=1S/C18H19N3O2S/c1-22-15-5-2-4-13(10-15)12-24-18-20-19-17(14-7-8-14)21(18)11-16-6-3-9-23-16/h2-6,9-10,14H,7-8,11-12H2,1H3. The minimum atomic E-state index is 0.554. The Hall–Kier alpha value is -2.21. The number of aromatic nitrogens is 3. The number of ether oxygens (including phenoxy) is 1. The van der Waals surface area contributed by atoms with Crippen LogP contribution in [-0.2, 0) is 12.3 Å². The second-order valence-electron chi connectivity index (χ2n) is 5.92. The first kappa shape index (κ1) is 15.3. The third-order valence-electron chi connectivity index (χ3n) is 4.08. The summed E-state index contributed by atoms with van der Waals surface area (Å²) in [5.41, 5.74) is 1.21. The van der Waals surface area contributed by atoms with E-state index in [9.17, 15) is 0 Å². The second-order valence-corrected chi connectivity index (χ2v) is 6.86. The summed E-state index contributed by atoms with van der Waals surface area (Å²) in [6, 6.07) is 12.0. The van der Waals surface area contributed by atoms with Crippen molar-refractivity contribution in [3.63, 3.8) is 0 Å². The van der Waals surface area contributed by atoms with E-state index >= 15 is 0 Å². The van der Waals surface area contributed by atoms with Crippen LogP contribution in [0.1, 0.15) is 35.9 Å². The summed E-state index contributed by atoms with van der Waals surface area (Å²) < 4.78 is 13.0. The first-order chi connectivity index (χ1) is 11.8. The Kier molecular flexibility index (Phi) is 4.30. The van der Waals surface area contributed by atoms with Gasteiger partial charge in [0.15, 0.2) is 5.16 Å². The van der Waals surface area contributed by atoms with E-state index in [-0.39, 0.29) is 0 Å². The molecule has 24 heavy (non-hydrogen) atoms. The van der Waals surface area contributed by atoms with Crippen molar-refractivity contribution in [1.29, 1.82) is 0 Å². The van der Waals surface area contributed by atoms with E-state index in [0.29, 0.717) is 12.5 Å². The van der Waals surface area contributed by atoms with Gasteiger partial charge in [0.2, 0.25) is 0 Å². The lowest BCUT2D eigenvalue weighted by Gasteiger charge is -2.08. The molecule has 0 atom stereocenters. The monoisotopic (exact) mass is 341 g/mol. The number of rotatable bonds is 7. The summed E-state index contributed by atoms with van der Waals surface area (Å²) in [6.45, 7) is 0.687. The lowest BCUT2D eigenvalue weighted by Crippen LogP contribution is -2.05. The minimum absolute atomic E-state index is 0.554. The van der Waals surface area contributed by atoms with Crippen LogP contribution in [0.2, 0.25) is 0 Å². The summed E-state index contributed by atoms with van der Waals surface area (Å²) in [5.74, 6) is 4.28. The van der Waals surface area contributed by atoms with E-state index in [0.717, 1.165) is 28.2 Å². The molecule has 124 valence electrons. The van der Waals surface area contributed by atoms with Gasteiger partial charge in [-0.3, -0.25) is 4.57 Å². The van der Waals surface area contributed by atoms with Crippen molar-refractivity contribution >= 4 is 11.8 Å². The maximum atomic E-state index is 5.51. The SMILES string of the molecule is COc1cccc(CSc2nnc(C3CC3)n2Cc2ccco2)c1. The smallest absolute Gasteiger partial charge is 0.191 e. The van der Waals surface area contributed by atoms with Gasteiger partial charge in [-0.25, -0.2) is 0 Å². The number of methoxy groups -OCH3 is 1. The molecule has 1 saturated carbocycles. The largest absolute Gasteiger partial charge is 0.497 e. The molecule has 1 aromatic carbocycles. The number of nitrogens with zero attached hydrogens (tertiary/aromatic N) is 3. The van der Waals surface area contributed by atoms with Crippen molar-refractivity contribution in [3.8, 4) is 5.75 Å². The van der Waals surface area contributed by atoms with Crippen LogP contribution in [0, 0.1) is 0 Å². The zero-order valence-corrected chi connectivity index (χ0v) is 14.3. The fraction of sp³-hybridized carbons (Fsp3) is 0.333. The highest BCUT2D eigenvalue weighted by Gasteiger charge is 2.30. The summed E-state index contributed by atoms with van der Waals surface area (Å²) in [6.07, 6.45) is 4.12. The molecule has 0 saturated heterocycles. The van der Waals surface area contributed by atoms with Gasteiger partial charge < -0.3 is 9.15 Å². The number of thioether (sulfide) groups is 1. The van der Waals surface area contributed by atoms with Crippen LogP contribution in [0.5, 0.6) is 5.75 Å². The van der Waals surface area contributed by atoms with Gasteiger partial charge in [-0.2, -0.15) is 0 Å². The summed E-state index contributed by atoms with van der Waals surface area (Å²) >= 11 is 1.70. The summed E-state index contributed by atoms with van der Waals surface area (Å²) in [4.78, 5) is 0. The summed E-state index contributed by atoms with van der Waals surface area (Å²) in [7, 11) is 1.69. The Balaban J connectivity index is 1.53. The Labute approximate surface area is 145 Å². The van der Waals surface area contributed by atoms with Crippen LogP contribution in [0.3, 0.4) is 0 Å². The number of hydrogen-bond acceptors (Lipinski definition) is 5. The lowest BCUT2D eigenvalue weighted by molar-refractivity contribution is 0.414. The first-order valence-electron chi connectivity index (χ1n) is 8.04. The molecule has 1 fully saturated rings. The first-order valence-corrected chi connectivity index (χ1v) is 9.03. The van der Waals surface area contributed by atoms with Crippen LogP contribution < -0.4 is 4.74 Å². The van der Waals surface area contributed by atoms with E-state index in [2.05, 4.69) is 26.9 Å². The van der Waals surface area contributed by atoms with Gasteiger partial charge in [-0.15, -0.1) is 10.2 Å². The van der Waals surface area contributed by atoms with Gasteiger partial charge in [0.25, 0.3) is 0 Å². The average Bonchev–Trinajstić information content (AvgIpc) is 3.18. The minimum Gasteiger partial charge on any atom is -0.497 e. The van der Waals surface area contributed by atoms with Gasteiger partial charge in [-0.1, -0.05) is 23.9 Å². The van der Waals surface area contributed by atoms with Gasteiger partial charge in [0, 0.05) is 11.7 Å². The molecule has 6 heteroatoms. The highest BCUT2D eigenvalue weighted by molar-refractivity contribution is 7.98. The molecular weight excluding hydrogens is 322 g/mol. The predicted molar refractivity (Wildman–Crippen MR) is 92.4 cm³/mol. The third kappa shape index (κ3) is 3.33. The lowest BCUT2D eigenvalue weighted by atomic mass is 10.2. The Bertz CT molecular complexity index is 810. The van der Waals surface area contributed by atoms with E-state index in [4.69, 9.17) is 9.15 Å². The van der Waals surface area contributed by atoms with Crippen LogP contribution in [0.4, 0.5) is 0 Å². The molecule has 5 nitrogen and oxygen atoms in total. The molecule has 0 unspecified atom stereocenters. The van der Waals surface area contributed by atoms with Gasteiger partial charge >= 0.3 is 0 Å². The Morgan fingerprint density at radius 2 is 2.17 bits per heavy atom. The quantitative estimate of drug-likeness (QED) is 0.606. The fourth-order valence-corrected chi connectivity index (χ4v) is 3.56. The highest BCUT2D eigenvalue weighted by Crippen LogP contribution is 2.40. The Morgan fingerprint density at radius 3 is 2.92 bits per heavy atom. The second kappa shape index (κ2) is 6.73. The molecule has 1 aliphatic rings. The maximum absolute atomic E-state index is 5.51. The maximum Gasteiger partial charge on any atom is 0.191 e. The molecule has 4 rings (SSSR count). The van der Waals surface area contributed by atoms with Crippen molar-refractivity contribution in [2.24, 2.45) is 0 Å². The third-order valence-corrected chi connectivity index (χ3v) is 5.12. The molecule has 0 aliphatic heterocycles. The number of furan rings is 1. The number of hydrogen-bond donors (Lipinski definition) is 0. The van der Waals surface area contributed by atoms with Gasteiger partial charge in [-0.05, 0) is 42.7 Å². The van der Waals surface area contributed by atoms with Gasteiger partial charge in [0.05, 0.1) is 19.9 Å². The average molecular weight is 341 g/mol. The van der Waals surface area contributed by atoms with Crippen molar-refractivity contribution in [3.05, 3.63) is 59.8 Å². The van der Waals surface area contributed by atoms with Crippen molar-refractivity contribution in [1.82, 2.24) is 14.8 Å². The predicted octanol–water partition coefficient (Wildman–Crippen LogP) is 4.10. The molecule has 1 aliphatic carbocycles. The van der Waals surface area contributed by atoms with Crippen LogP contribution >= 0.6 is 11.8 Å². The molecule has 0 bridgehead atoms. The van der Waals surface area contributed by atoms with E-state index in [1.807, 2.05) is 24.3 Å². The molecule has 0 spiro atoms. The molecular formula is C18H19N3O2S. The molecule has 0 N–H and O–H groups in total. The number of benzene rings is 1. The molecule has 2 heterocycles. The van der Waals surface area contributed by atoms with Crippen LogP contribution in [0.15, 0.2) is 52.2 Å². The zero-order valence-electron chi connectivity index (χ0n) is 13.5. The highest BCUT2D eigenvalue weighted by atomic mass is 32.2. The summed E-state index contributed by atoms with van der Waals surface area (Å²) in [5, 5.41) is 9.79. The molecule has 3 aromatic rings.